The fraction of sp³-hybridized carbons (Fsp3) is 0.371. The van der Waals surface area contributed by atoms with Crippen LogP contribution >= 0.6 is 0 Å². The summed E-state index contributed by atoms with van der Waals surface area (Å²) in [4.78, 5) is 41.6. The number of nitrogens with zero attached hydrogens (tertiary/aromatic N) is 5. The van der Waals surface area contributed by atoms with Gasteiger partial charge in [0, 0.05) is 57.1 Å². The van der Waals surface area contributed by atoms with Crippen molar-refractivity contribution in [2.75, 3.05) is 39.3 Å². The number of carbonyl (C=O) groups excluding carboxylic acids is 2. The Morgan fingerprint density at radius 3 is 2.36 bits per heavy atom. The number of benzene rings is 2. The Morgan fingerprint density at radius 1 is 0.795 bits per heavy atom. The van der Waals surface area contributed by atoms with Gasteiger partial charge in [-0.1, -0.05) is 48.5 Å². The Balaban J connectivity index is 1.26. The van der Waals surface area contributed by atoms with E-state index in [9.17, 15) is 9.59 Å². The zero-order valence-electron chi connectivity index (χ0n) is 25.0. The molecule has 6 rings (SSSR count). The van der Waals surface area contributed by atoms with E-state index in [1.165, 1.54) is 12.6 Å². The molecule has 9 heteroatoms. The van der Waals surface area contributed by atoms with E-state index in [0.717, 1.165) is 56.4 Å². The number of likely N-dealkylation sites (tertiary alicyclic amines) is 1. The number of fused-ring (bicyclic) bond motifs is 1. The first-order valence-corrected chi connectivity index (χ1v) is 15.4. The lowest BCUT2D eigenvalue weighted by Crippen LogP contribution is -2.45. The number of rotatable bonds is 5. The molecule has 2 aromatic heterocycles. The molecule has 44 heavy (non-hydrogen) atoms. The number of hydrogen-bond donors (Lipinski definition) is 0. The van der Waals surface area contributed by atoms with Gasteiger partial charge in [0.2, 0.25) is 5.76 Å². The first-order chi connectivity index (χ1) is 21.6. The van der Waals surface area contributed by atoms with Crippen LogP contribution in [0, 0.1) is 5.41 Å². The highest BCUT2D eigenvalue weighted by molar-refractivity contribution is 5.97. The van der Waals surface area contributed by atoms with Crippen molar-refractivity contribution < 1.29 is 18.7 Å². The standard InChI is InChI=1S/C35H39N5O4/c41-33-30-11-4-5-12-31(30)43-26-35(14-18-39(19-15-35)34(42)32-23-37-27-44-32)13-7-17-38(24-29-10-6-16-36-22-29)20-21-40(33)25-28-8-2-1-3-9-28/h1-6,8-12,16,22-23,27H,7,13-15,17-21,24-26H2. The summed E-state index contributed by atoms with van der Waals surface area (Å²) in [5.74, 6) is 0.721. The number of amides is 2. The Morgan fingerprint density at radius 2 is 1.59 bits per heavy atom. The second-order valence-corrected chi connectivity index (χ2v) is 11.9. The van der Waals surface area contributed by atoms with E-state index in [2.05, 4.69) is 33.1 Å². The lowest BCUT2D eigenvalue weighted by Gasteiger charge is -2.42. The van der Waals surface area contributed by atoms with E-state index in [0.29, 0.717) is 44.1 Å². The molecule has 0 saturated carbocycles. The number of ether oxygens (including phenoxy) is 1. The predicted molar refractivity (Wildman–Crippen MR) is 166 cm³/mol. The summed E-state index contributed by atoms with van der Waals surface area (Å²) in [7, 11) is 0. The quantitative estimate of drug-likeness (QED) is 0.310. The van der Waals surface area contributed by atoms with Crippen LogP contribution in [0.25, 0.3) is 0 Å². The Bertz CT molecular complexity index is 1500. The number of para-hydroxylation sites is 1. The number of aromatic nitrogens is 2. The zero-order valence-corrected chi connectivity index (χ0v) is 25.0. The first-order valence-electron chi connectivity index (χ1n) is 15.4. The van der Waals surface area contributed by atoms with Crippen LogP contribution in [0.4, 0.5) is 0 Å². The minimum atomic E-state index is -0.125. The maximum atomic E-state index is 14.2. The molecule has 2 aromatic carbocycles. The van der Waals surface area contributed by atoms with Gasteiger partial charge in [-0.05, 0) is 61.6 Å². The zero-order chi connectivity index (χ0) is 30.2. The van der Waals surface area contributed by atoms with Crippen LogP contribution in [0.3, 0.4) is 0 Å². The Hall–Kier alpha value is -4.50. The summed E-state index contributed by atoms with van der Waals surface area (Å²) >= 11 is 0. The number of hydrogen-bond acceptors (Lipinski definition) is 7. The highest BCUT2D eigenvalue weighted by atomic mass is 16.5. The highest BCUT2D eigenvalue weighted by Crippen LogP contribution is 2.38. The molecule has 1 saturated heterocycles. The maximum Gasteiger partial charge on any atom is 0.291 e. The summed E-state index contributed by atoms with van der Waals surface area (Å²) < 4.78 is 11.8. The van der Waals surface area contributed by atoms with Crippen molar-refractivity contribution in [2.45, 2.75) is 38.8 Å². The van der Waals surface area contributed by atoms with Crippen LogP contribution in [0.15, 0.2) is 96.1 Å². The monoisotopic (exact) mass is 593 g/mol. The molecule has 0 aliphatic carbocycles. The Labute approximate surface area is 258 Å². The molecule has 0 N–H and O–H groups in total. The molecular formula is C35H39N5O4. The molecule has 1 fully saturated rings. The van der Waals surface area contributed by atoms with Crippen molar-refractivity contribution in [3.8, 4) is 5.75 Å². The maximum absolute atomic E-state index is 14.2. The third-order valence-electron chi connectivity index (χ3n) is 8.91. The van der Waals surface area contributed by atoms with Crippen LogP contribution in [-0.4, -0.2) is 75.8 Å². The topological polar surface area (TPSA) is 92.0 Å². The molecule has 0 atom stereocenters. The van der Waals surface area contributed by atoms with E-state index in [4.69, 9.17) is 9.15 Å². The third-order valence-corrected chi connectivity index (χ3v) is 8.91. The number of carbonyl (C=O) groups is 2. The highest BCUT2D eigenvalue weighted by Gasteiger charge is 2.38. The molecule has 2 amide bonds. The van der Waals surface area contributed by atoms with Crippen LogP contribution in [0.2, 0.25) is 0 Å². The summed E-state index contributed by atoms with van der Waals surface area (Å²) in [6, 6.07) is 21.8. The smallest absolute Gasteiger partial charge is 0.291 e. The minimum Gasteiger partial charge on any atom is -0.492 e. The molecule has 0 radical (unpaired) electrons. The van der Waals surface area contributed by atoms with Crippen molar-refractivity contribution >= 4 is 11.8 Å². The van der Waals surface area contributed by atoms with Crippen molar-refractivity contribution in [1.29, 1.82) is 0 Å². The molecule has 0 unspecified atom stereocenters. The van der Waals surface area contributed by atoms with E-state index in [1.54, 1.807) is 6.20 Å². The molecular weight excluding hydrogens is 554 g/mol. The summed E-state index contributed by atoms with van der Waals surface area (Å²) in [6.45, 7) is 5.23. The average molecular weight is 594 g/mol. The summed E-state index contributed by atoms with van der Waals surface area (Å²) in [6.07, 6.45) is 10.0. The van der Waals surface area contributed by atoms with Gasteiger partial charge in [0.1, 0.15) is 5.75 Å². The van der Waals surface area contributed by atoms with Crippen molar-refractivity contribution in [3.05, 3.63) is 114 Å². The number of piperidine rings is 1. The fourth-order valence-corrected chi connectivity index (χ4v) is 6.31. The molecule has 2 aliphatic heterocycles. The largest absolute Gasteiger partial charge is 0.492 e. The van der Waals surface area contributed by atoms with Gasteiger partial charge in [-0.2, -0.15) is 0 Å². The lowest BCUT2D eigenvalue weighted by atomic mass is 9.75. The van der Waals surface area contributed by atoms with Gasteiger partial charge >= 0.3 is 0 Å². The van der Waals surface area contributed by atoms with Crippen LogP contribution in [-0.2, 0) is 13.1 Å². The van der Waals surface area contributed by atoms with Gasteiger partial charge in [0.25, 0.3) is 11.8 Å². The minimum absolute atomic E-state index is 0.0356. The predicted octanol–water partition coefficient (Wildman–Crippen LogP) is 5.31. The van der Waals surface area contributed by atoms with Gasteiger partial charge in [-0.3, -0.25) is 19.5 Å². The third kappa shape index (κ3) is 7.17. The Kier molecular flexibility index (Phi) is 9.31. The van der Waals surface area contributed by atoms with Crippen molar-refractivity contribution in [3.63, 3.8) is 0 Å². The molecule has 9 nitrogen and oxygen atoms in total. The van der Waals surface area contributed by atoms with Gasteiger partial charge in [0.05, 0.1) is 18.4 Å². The van der Waals surface area contributed by atoms with Crippen molar-refractivity contribution in [2.24, 2.45) is 5.41 Å². The van der Waals surface area contributed by atoms with Crippen LogP contribution in [0.1, 0.15) is 57.7 Å². The lowest BCUT2D eigenvalue weighted by molar-refractivity contribution is 0.0331. The number of pyridine rings is 1. The van der Waals surface area contributed by atoms with E-state index in [-0.39, 0.29) is 23.0 Å². The van der Waals surface area contributed by atoms with Gasteiger partial charge in [-0.15, -0.1) is 0 Å². The average Bonchev–Trinajstić information content (AvgIpc) is 3.61. The second kappa shape index (κ2) is 13.9. The van der Waals surface area contributed by atoms with E-state index in [1.807, 2.05) is 64.5 Å². The molecule has 1 spiro atoms. The number of oxazole rings is 1. The second-order valence-electron chi connectivity index (χ2n) is 11.9. The van der Waals surface area contributed by atoms with Crippen molar-refractivity contribution in [1.82, 2.24) is 24.7 Å². The SMILES string of the molecule is O=C(c1cnco1)N1CCC2(CCCN(Cc3cccnc3)CCN(Cc3ccccc3)C(=O)c3ccccc3OC2)CC1. The van der Waals surface area contributed by atoms with Crippen LogP contribution < -0.4 is 4.74 Å². The van der Waals surface area contributed by atoms with E-state index < -0.39 is 0 Å². The van der Waals surface area contributed by atoms with E-state index >= 15 is 0 Å². The summed E-state index contributed by atoms with van der Waals surface area (Å²) in [5, 5.41) is 0. The van der Waals surface area contributed by atoms with Gasteiger partial charge in [0.15, 0.2) is 6.39 Å². The molecule has 0 bridgehead atoms. The molecule has 2 aliphatic rings. The molecule has 4 heterocycles. The fourth-order valence-electron chi connectivity index (χ4n) is 6.31. The molecule has 228 valence electrons. The van der Waals surface area contributed by atoms with Gasteiger partial charge in [-0.25, -0.2) is 4.98 Å². The summed E-state index contributed by atoms with van der Waals surface area (Å²) in [5.41, 5.74) is 2.70. The normalized spacial score (nSPS) is 18.0. The first kappa shape index (κ1) is 29.6. The molecule has 4 aromatic rings. The van der Waals surface area contributed by atoms with Crippen LogP contribution in [0.5, 0.6) is 5.75 Å². The van der Waals surface area contributed by atoms with Gasteiger partial charge < -0.3 is 19.0 Å².